The number of rotatable bonds is 5. The molecule has 1 aromatic carbocycles. The van der Waals surface area contributed by atoms with Crippen LogP contribution in [0, 0.1) is 0 Å². The number of benzene rings is 1. The van der Waals surface area contributed by atoms with Crippen molar-refractivity contribution >= 4 is 33.2 Å². The number of carbonyl (C=O) groups excluding carboxylic acids is 1. The zero-order chi connectivity index (χ0) is 13.7. The van der Waals surface area contributed by atoms with Gasteiger partial charge >= 0.3 is 0 Å². The van der Waals surface area contributed by atoms with Gasteiger partial charge in [0.15, 0.2) is 4.67 Å². The van der Waals surface area contributed by atoms with Gasteiger partial charge in [-0.2, -0.15) is 0 Å². The highest BCUT2D eigenvalue weighted by molar-refractivity contribution is 9.10. The average molecular weight is 323 g/mol. The largest absolute Gasteiger partial charge is 0.452 e. The second-order valence-corrected chi connectivity index (χ2v) is 4.82. The van der Waals surface area contributed by atoms with E-state index in [0.29, 0.717) is 13.0 Å². The molecule has 0 saturated carbocycles. The Morgan fingerprint density at radius 1 is 1.16 bits per heavy atom. The van der Waals surface area contributed by atoms with E-state index < -0.39 is 0 Å². The molecule has 0 saturated heterocycles. The minimum absolute atomic E-state index is 0.0149. The van der Waals surface area contributed by atoms with Gasteiger partial charge in [-0.3, -0.25) is 4.79 Å². The van der Waals surface area contributed by atoms with Gasteiger partial charge in [-0.15, -0.1) is 0 Å². The predicted molar refractivity (Wildman–Crippen MR) is 79.1 cm³/mol. The summed E-state index contributed by atoms with van der Waals surface area (Å²) in [5.74, 6) is 0.872. The van der Waals surface area contributed by atoms with Gasteiger partial charge in [0.25, 0.3) is 0 Å². The molecule has 0 bridgehead atoms. The third-order valence-electron chi connectivity index (χ3n) is 2.59. The van der Waals surface area contributed by atoms with Crippen molar-refractivity contribution in [2.75, 3.05) is 10.6 Å². The summed E-state index contributed by atoms with van der Waals surface area (Å²) < 4.78 is 6.12. The summed E-state index contributed by atoms with van der Waals surface area (Å²) >= 11 is 3.26. The normalized spacial score (nSPS) is 10.2. The summed E-state index contributed by atoms with van der Waals surface area (Å²) in [6, 6.07) is 11.3. The van der Waals surface area contributed by atoms with Crippen molar-refractivity contribution in [2.24, 2.45) is 0 Å². The van der Waals surface area contributed by atoms with Crippen LogP contribution >= 0.6 is 15.9 Å². The van der Waals surface area contributed by atoms with Crippen LogP contribution in [0.5, 0.6) is 0 Å². The SMILES string of the molecule is CCC(=O)Nc1ccc(NCc2ccc(Br)o2)cc1. The molecule has 0 radical (unpaired) electrons. The molecular weight excluding hydrogens is 308 g/mol. The molecule has 0 aliphatic carbocycles. The molecule has 100 valence electrons. The monoisotopic (exact) mass is 322 g/mol. The molecule has 2 N–H and O–H groups in total. The Bertz CT molecular complexity index is 549. The lowest BCUT2D eigenvalue weighted by Gasteiger charge is -2.07. The van der Waals surface area contributed by atoms with Gasteiger partial charge in [0.2, 0.25) is 5.91 Å². The molecule has 0 atom stereocenters. The van der Waals surface area contributed by atoms with E-state index in [1.165, 1.54) is 0 Å². The van der Waals surface area contributed by atoms with Crippen molar-refractivity contribution in [3.63, 3.8) is 0 Å². The smallest absolute Gasteiger partial charge is 0.224 e. The molecule has 1 amide bonds. The van der Waals surface area contributed by atoms with Gasteiger partial charge in [-0.05, 0) is 52.3 Å². The first kappa shape index (κ1) is 13.7. The fourth-order valence-electron chi connectivity index (χ4n) is 1.56. The maximum absolute atomic E-state index is 11.2. The maximum atomic E-state index is 11.2. The summed E-state index contributed by atoms with van der Waals surface area (Å²) in [5.41, 5.74) is 1.78. The zero-order valence-electron chi connectivity index (χ0n) is 10.6. The average Bonchev–Trinajstić information content (AvgIpc) is 2.83. The molecule has 0 spiro atoms. The van der Waals surface area contributed by atoms with Gasteiger partial charge in [-0.25, -0.2) is 0 Å². The van der Waals surface area contributed by atoms with Crippen LogP contribution < -0.4 is 10.6 Å². The van der Waals surface area contributed by atoms with Crippen LogP contribution in [0.15, 0.2) is 45.5 Å². The first-order valence-corrected chi connectivity index (χ1v) is 6.84. The summed E-state index contributed by atoms with van der Waals surface area (Å²) in [7, 11) is 0. The first-order chi connectivity index (χ1) is 9.17. The van der Waals surface area contributed by atoms with E-state index >= 15 is 0 Å². The second kappa shape index (κ2) is 6.43. The Morgan fingerprint density at radius 2 is 1.84 bits per heavy atom. The van der Waals surface area contributed by atoms with Gasteiger partial charge in [-0.1, -0.05) is 6.92 Å². The molecule has 4 nitrogen and oxygen atoms in total. The molecular formula is C14H15BrN2O2. The summed E-state index contributed by atoms with van der Waals surface area (Å²) in [5, 5.41) is 6.05. The van der Waals surface area contributed by atoms with E-state index in [-0.39, 0.29) is 5.91 Å². The molecule has 0 fully saturated rings. The fourth-order valence-corrected chi connectivity index (χ4v) is 1.90. The quantitative estimate of drug-likeness (QED) is 0.874. The highest BCUT2D eigenvalue weighted by atomic mass is 79.9. The van der Waals surface area contributed by atoms with Gasteiger partial charge < -0.3 is 15.1 Å². The predicted octanol–water partition coefficient (Wildman–Crippen LogP) is 4.00. The molecule has 19 heavy (non-hydrogen) atoms. The highest BCUT2D eigenvalue weighted by Crippen LogP contribution is 2.17. The van der Waals surface area contributed by atoms with Crippen molar-refractivity contribution in [3.05, 3.63) is 46.8 Å². The Balaban J connectivity index is 1.89. The third-order valence-corrected chi connectivity index (χ3v) is 3.01. The number of nitrogens with one attached hydrogen (secondary N) is 2. The van der Waals surface area contributed by atoms with Gasteiger partial charge in [0, 0.05) is 17.8 Å². The van der Waals surface area contributed by atoms with Gasteiger partial charge in [0.1, 0.15) is 5.76 Å². The molecule has 2 rings (SSSR count). The fraction of sp³-hybridized carbons (Fsp3) is 0.214. The number of anilines is 2. The Labute approximate surface area is 120 Å². The van der Waals surface area contributed by atoms with Crippen LogP contribution in [-0.2, 0) is 11.3 Å². The second-order valence-electron chi connectivity index (χ2n) is 4.04. The number of hydrogen-bond donors (Lipinski definition) is 2. The van der Waals surface area contributed by atoms with E-state index in [1.807, 2.05) is 43.3 Å². The number of amides is 1. The maximum Gasteiger partial charge on any atom is 0.224 e. The third kappa shape index (κ3) is 4.13. The molecule has 1 aromatic heterocycles. The minimum Gasteiger partial charge on any atom is -0.452 e. The lowest BCUT2D eigenvalue weighted by molar-refractivity contribution is -0.115. The van der Waals surface area contributed by atoms with E-state index in [9.17, 15) is 4.79 Å². The number of furan rings is 1. The standard InChI is InChI=1S/C14H15BrN2O2/c1-2-14(18)17-11-5-3-10(4-6-11)16-9-12-7-8-13(15)19-12/h3-8,16H,2,9H2,1H3,(H,17,18). The molecule has 5 heteroatoms. The van der Waals surface area contributed by atoms with Crippen LogP contribution in [0.3, 0.4) is 0 Å². The molecule has 0 unspecified atom stereocenters. The minimum atomic E-state index is 0.0149. The zero-order valence-corrected chi connectivity index (χ0v) is 12.2. The first-order valence-electron chi connectivity index (χ1n) is 6.05. The Morgan fingerprint density at radius 3 is 2.42 bits per heavy atom. The van der Waals surface area contributed by atoms with Gasteiger partial charge in [0.05, 0.1) is 6.54 Å². The Hall–Kier alpha value is -1.75. The molecule has 2 aromatic rings. The van der Waals surface area contributed by atoms with Crippen LogP contribution in [0.2, 0.25) is 0 Å². The topological polar surface area (TPSA) is 54.3 Å². The Kier molecular flexibility index (Phi) is 4.63. The summed E-state index contributed by atoms with van der Waals surface area (Å²) in [4.78, 5) is 11.2. The lowest BCUT2D eigenvalue weighted by Crippen LogP contribution is -2.09. The van der Waals surface area contributed by atoms with Crippen molar-refractivity contribution < 1.29 is 9.21 Å². The molecule has 0 aliphatic rings. The van der Waals surface area contributed by atoms with Crippen molar-refractivity contribution in [1.29, 1.82) is 0 Å². The molecule has 0 aliphatic heterocycles. The number of halogens is 1. The number of carbonyl (C=O) groups is 1. The van der Waals surface area contributed by atoms with Crippen molar-refractivity contribution in [3.8, 4) is 0 Å². The highest BCUT2D eigenvalue weighted by Gasteiger charge is 2.01. The number of hydrogen-bond acceptors (Lipinski definition) is 3. The van der Waals surface area contributed by atoms with Crippen molar-refractivity contribution in [1.82, 2.24) is 0 Å². The summed E-state index contributed by atoms with van der Waals surface area (Å²) in [6.45, 7) is 2.44. The van der Waals surface area contributed by atoms with E-state index in [2.05, 4.69) is 26.6 Å². The van der Waals surface area contributed by atoms with Crippen LogP contribution in [0.25, 0.3) is 0 Å². The van der Waals surface area contributed by atoms with Crippen LogP contribution in [-0.4, -0.2) is 5.91 Å². The summed E-state index contributed by atoms with van der Waals surface area (Å²) in [6.07, 6.45) is 0.480. The van der Waals surface area contributed by atoms with E-state index in [0.717, 1.165) is 21.8 Å². The lowest BCUT2D eigenvalue weighted by atomic mass is 10.2. The van der Waals surface area contributed by atoms with Crippen LogP contribution in [0.4, 0.5) is 11.4 Å². The molecule has 1 heterocycles. The van der Waals surface area contributed by atoms with E-state index in [4.69, 9.17) is 4.42 Å². The van der Waals surface area contributed by atoms with E-state index in [1.54, 1.807) is 0 Å². The van der Waals surface area contributed by atoms with Crippen molar-refractivity contribution in [2.45, 2.75) is 19.9 Å². The van der Waals surface area contributed by atoms with Crippen LogP contribution in [0.1, 0.15) is 19.1 Å².